The molecule has 1 aromatic heterocycles. The normalized spacial score (nSPS) is 11.1. The van der Waals surface area contributed by atoms with Gasteiger partial charge in [0.25, 0.3) is 5.82 Å². The molecule has 0 atom stereocenters. The van der Waals surface area contributed by atoms with Crippen LogP contribution in [0, 0.1) is 5.21 Å². The van der Waals surface area contributed by atoms with E-state index in [4.69, 9.17) is 5.11 Å². The highest BCUT2D eigenvalue weighted by atomic mass is 19.4. The predicted molar refractivity (Wildman–Crippen MR) is 55.7 cm³/mol. The fourth-order valence-electron chi connectivity index (χ4n) is 1.27. The summed E-state index contributed by atoms with van der Waals surface area (Å²) in [6.07, 6.45) is -5.66. The lowest BCUT2D eigenvalue weighted by Crippen LogP contribution is -2.40. The Kier molecular flexibility index (Phi) is 3.49. The van der Waals surface area contributed by atoms with Crippen molar-refractivity contribution in [2.45, 2.75) is 13.1 Å². The first kappa shape index (κ1) is 13.8. The van der Waals surface area contributed by atoms with Crippen molar-refractivity contribution in [3.05, 3.63) is 41.4 Å². The van der Waals surface area contributed by atoms with E-state index in [0.717, 1.165) is 0 Å². The highest BCUT2D eigenvalue weighted by Crippen LogP contribution is 2.30. The summed E-state index contributed by atoms with van der Waals surface area (Å²) in [7, 11) is 0. The van der Waals surface area contributed by atoms with Crippen LogP contribution >= 0.6 is 0 Å². The van der Waals surface area contributed by atoms with E-state index in [0.29, 0.717) is 23.2 Å². The van der Waals surface area contributed by atoms with Crippen LogP contribution in [0.4, 0.5) is 23.8 Å². The van der Waals surface area contributed by atoms with E-state index in [-0.39, 0.29) is 10.4 Å². The summed E-state index contributed by atoms with van der Waals surface area (Å²) >= 11 is 0. The van der Waals surface area contributed by atoms with Crippen molar-refractivity contribution in [3.63, 3.8) is 0 Å². The molecule has 1 N–H and O–H groups in total. The number of carboxylic acid groups (broad SMARTS) is 1. The van der Waals surface area contributed by atoms with Crippen LogP contribution in [-0.2, 0) is 6.18 Å². The van der Waals surface area contributed by atoms with E-state index in [9.17, 15) is 23.2 Å². The average Bonchev–Trinajstić information content (AvgIpc) is 2.18. The van der Waals surface area contributed by atoms with Gasteiger partial charge >= 0.3 is 12.3 Å². The van der Waals surface area contributed by atoms with E-state index in [2.05, 4.69) is 6.58 Å². The van der Waals surface area contributed by atoms with Crippen molar-refractivity contribution >= 4 is 11.9 Å². The molecule has 0 aliphatic rings. The number of hydrogen-bond acceptors (Lipinski definition) is 2. The van der Waals surface area contributed by atoms with Crippen molar-refractivity contribution in [1.29, 1.82) is 0 Å². The van der Waals surface area contributed by atoms with Gasteiger partial charge in [-0.25, -0.2) is 4.73 Å². The summed E-state index contributed by atoms with van der Waals surface area (Å²) < 4.78 is 37.4. The number of nitrogens with zero attached hydrogens (tertiary/aromatic N) is 2. The van der Waals surface area contributed by atoms with Gasteiger partial charge in [-0.3, -0.25) is 0 Å². The van der Waals surface area contributed by atoms with Gasteiger partial charge in [-0.05, 0) is 13.0 Å². The summed E-state index contributed by atoms with van der Waals surface area (Å²) in [5.74, 6) is -0.676. The summed E-state index contributed by atoms with van der Waals surface area (Å²) in [5, 5.41) is 20.2. The van der Waals surface area contributed by atoms with Gasteiger partial charge in [0.05, 0.1) is 11.8 Å². The molecule has 0 aromatic carbocycles. The summed E-state index contributed by atoms with van der Waals surface area (Å²) in [4.78, 5) is 11.3. The van der Waals surface area contributed by atoms with Crippen LogP contribution in [-0.4, -0.2) is 11.2 Å². The first-order valence-corrected chi connectivity index (χ1v) is 4.63. The minimum Gasteiger partial charge on any atom is -0.711 e. The van der Waals surface area contributed by atoms with Crippen LogP contribution < -0.4 is 9.63 Å². The molecule has 0 saturated heterocycles. The van der Waals surface area contributed by atoms with Crippen LogP contribution in [0.3, 0.4) is 0 Å². The minimum atomic E-state index is -4.66. The molecule has 1 aromatic rings. The van der Waals surface area contributed by atoms with Crippen LogP contribution in [0.15, 0.2) is 30.6 Å². The average molecular weight is 262 g/mol. The predicted octanol–water partition coefficient (Wildman–Crippen LogP) is 2.36. The highest BCUT2D eigenvalue weighted by Gasteiger charge is 2.35. The number of hydrogen-bond donors (Lipinski definition) is 1. The maximum absolute atomic E-state index is 12.5. The zero-order chi connectivity index (χ0) is 14.1. The molecular weight excluding hydrogens is 253 g/mol. The molecule has 0 aliphatic heterocycles. The number of rotatable bonds is 2. The molecule has 0 unspecified atom stereocenters. The Labute approximate surface area is 100.0 Å². The SMILES string of the molecule is C=C(C)N(C(=O)O)c1cc(C(F)(F)F)cc[n+]1[O-]. The third-order valence-electron chi connectivity index (χ3n) is 2.03. The minimum absolute atomic E-state index is 0.0258. The standard InChI is InChI=1S/C10H9F3N2O3/c1-6(2)15(9(16)17)8-5-7(10(11,12)13)3-4-14(8)18/h3-5H,1H2,2H3,(H,16,17). The van der Waals surface area contributed by atoms with Crippen molar-refractivity contribution in [3.8, 4) is 0 Å². The quantitative estimate of drug-likeness (QED) is 0.657. The lowest BCUT2D eigenvalue weighted by atomic mass is 10.2. The molecular formula is C10H9F3N2O3. The second-order valence-corrected chi connectivity index (χ2v) is 3.45. The molecule has 0 fully saturated rings. The molecule has 1 amide bonds. The fraction of sp³-hybridized carbons (Fsp3) is 0.200. The molecule has 98 valence electrons. The fourth-order valence-corrected chi connectivity index (χ4v) is 1.27. The van der Waals surface area contributed by atoms with Gasteiger partial charge in [-0.15, -0.1) is 4.90 Å². The summed E-state index contributed by atoms with van der Waals surface area (Å²) in [6.45, 7) is 4.56. The largest absolute Gasteiger partial charge is 0.711 e. The van der Waals surface area contributed by atoms with Gasteiger partial charge in [-0.1, -0.05) is 6.58 Å². The molecule has 5 nitrogen and oxygen atoms in total. The van der Waals surface area contributed by atoms with Gasteiger partial charge in [0.1, 0.15) is 5.70 Å². The van der Waals surface area contributed by atoms with Gasteiger partial charge in [0.2, 0.25) is 0 Å². The molecule has 0 saturated carbocycles. The first-order chi connectivity index (χ1) is 8.14. The Morgan fingerprint density at radius 2 is 2.11 bits per heavy atom. The van der Waals surface area contributed by atoms with Gasteiger partial charge in [0, 0.05) is 6.07 Å². The molecule has 0 spiro atoms. The lowest BCUT2D eigenvalue weighted by molar-refractivity contribution is -0.591. The topological polar surface area (TPSA) is 67.5 Å². The van der Waals surface area contributed by atoms with Crippen molar-refractivity contribution in [2.75, 3.05) is 4.90 Å². The van der Waals surface area contributed by atoms with Crippen molar-refractivity contribution in [1.82, 2.24) is 0 Å². The number of halogens is 3. The zero-order valence-electron chi connectivity index (χ0n) is 9.23. The number of anilines is 1. The second-order valence-electron chi connectivity index (χ2n) is 3.45. The van der Waals surface area contributed by atoms with Crippen LogP contribution in [0.5, 0.6) is 0 Å². The van der Waals surface area contributed by atoms with Gasteiger partial charge < -0.3 is 10.3 Å². The number of carbonyl (C=O) groups is 1. The van der Waals surface area contributed by atoms with Crippen LogP contribution in [0.2, 0.25) is 0 Å². The van der Waals surface area contributed by atoms with E-state index < -0.39 is 23.7 Å². The Morgan fingerprint density at radius 1 is 1.56 bits per heavy atom. The maximum atomic E-state index is 12.5. The molecule has 1 rings (SSSR count). The van der Waals surface area contributed by atoms with E-state index in [1.807, 2.05) is 0 Å². The van der Waals surface area contributed by atoms with Gasteiger partial charge in [-0.2, -0.15) is 18.0 Å². The lowest BCUT2D eigenvalue weighted by Gasteiger charge is -2.17. The summed E-state index contributed by atoms with van der Waals surface area (Å²) in [5.41, 5.74) is -1.21. The van der Waals surface area contributed by atoms with Crippen LogP contribution in [0.1, 0.15) is 12.5 Å². The zero-order valence-corrected chi connectivity index (χ0v) is 9.23. The molecule has 0 aliphatic carbocycles. The van der Waals surface area contributed by atoms with Gasteiger partial charge in [0.15, 0.2) is 0 Å². The monoisotopic (exact) mass is 262 g/mol. The Bertz CT molecular complexity index is 486. The first-order valence-electron chi connectivity index (χ1n) is 4.63. The number of pyridine rings is 1. The Balaban J connectivity index is 3.39. The number of alkyl halides is 3. The summed E-state index contributed by atoms with van der Waals surface area (Å²) in [6, 6.07) is 1.02. The molecule has 0 bridgehead atoms. The van der Waals surface area contributed by atoms with E-state index >= 15 is 0 Å². The van der Waals surface area contributed by atoms with Crippen LogP contribution in [0.25, 0.3) is 0 Å². The number of aromatic nitrogens is 1. The molecule has 0 radical (unpaired) electrons. The third-order valence-corrected chi connectivity index (χ3v) is 2.03. The second kappa shape index (κ2) is 4.55. The third kappa shape index (κ3) is 2.70. The van der Waals surface area contributed by atoms with Crippen molar-refractivity contribution in [2.24, 2.45) is 0 Å². The van der Waals surface area contributed by atoms with E-state index in [1.165, 1.54) is 6.92 Å². The van der Waals surface area contributed by atoms with Crippen molar-refractivity contribution < 1.29 is 27.8 Å². The molecule has 18 heavy (non-hydrogen) atoms. The Morgan fingerprint density at radius 3 is 2.50 bits per heavy atom. The maximum Gasteiger partial charge on any atom is 0.509 e. The number of allylic oxidation sites excluding steroid dienone is 1. The Hall–Kier alpha value is -2.25. The molecule has 1 heterocycles. The smallest absolute Gasteiger partial charge is 0.509 e. The molecule has 8 heteroatoms. The highest BCUT2D eigenvalue weighted by molar-refractivity contribution is 5.87. The number of amides is 1. The van der Waals surface area contributed by atoms with E-state index in [1.54, 1.807) is 0 Å².